The van der Waals surface area contributed by atoms with E-state index in [0.717, 1.165) is 64.5 Å². The van der Waals surface area contributed by atoms with E-state index >= 15 is 0 Å². The first-order valence-electron chi connectivity index (χ1n) is 12.3. The summed E-state index contributed by atoms with van der Waals surface area (Å²) in [5, 5.41) is 0. The molecule has 1 aromatic rings. The summed E-state index contributed by atoms with van der Waals surface area (Å²) in [5.41, 5.74) is 0.518. The van der Waals surface area contributed by atoms with Crippen molar-refractivity contribution in [3.05, 3.63) is 35.9 Å². The van der Waals surface area contributed by atoms with Crippen LogP contribution in [-0.4, -0.2) is 49.1 Å². The largest absolute Gasteiger partial charge is 0.359 e. The molecule has 1 aromatic carbocycles. The van der Waals surface area contributed by atoms with Gasteiger partial charge in [-0.1, -0.05) is 71.6 Å². The number of carbonyl (C=O) groups excluding carboxylic acids is 1. The number of unbranched alkanes of at least 4 members (excludes halogenated alkanes) is 4. The first kappa shape index (κ1) is 28.5. The first-order chi connectivity index (χ1) is 15.5. The molecule has 0 aliphatic heterocycles. The van der Waals surface area contributed by atoms with Gasteiger partial charge in [-0.3, -0.25) is 9.36 Å². The van der Waals surface area contributed by atoms with Crippen LogP contribution in [-0.2, 0) is 13.6 Å². The van der Waals surface area contributed by atoms with Crippen molar-refractivity contribution < 1.29 is 18.4 Å². The van der Waals surface area contributed by atoms with Crippen LogP contribution < -0.4 is 0 Å². The van der Waals surface area contributed by atoms with Crippen LogP contribution in [0, 0.1) is 0 Å². The van der Waals surface area contributed by atoms with Crippen LogP contribution in [0.1, 0.15) is 89.4 Å². The molecule has 6 nitrogen and oxygen atoms in total. The van der Waals surface area contributed by atoms with Crippen molar-refractivity contribution in [1.82, 2.24) is 4.90 Å². The zero-order chi connectivity index (χ0) is 23.7. The molecule has 32 heavy (non-hydrogen) atoms. The highest BCUT2D eigenvalue weighted by Gasteiger charge is 2.30. The zero-order valence-electron chi connectivity index (χ0n) is 20.6. The van der Waals surface area contributed by atoms with Crippen LogP contribution in [0.3, 0.4) is 0 Å². The van der Waals surface area contributed by atoms with Crippen molar-refractivity contribution in [2.24, 2.45) is 4.99 Å². The van der Waals surface area contributed by atoms with E-state index < -0.39 is 7.60 Å². The maximum Gasteiger partial charge on any atom is 0.338 e. The fourth-order valence-electron chi connectivity index (χ4n) is 3.03. The Bertz CT molecular complexity index is 687. The maximum atomic E-state index is 13.7. The third-order valence-electron chi connectivity index (χ3n) is 5.09. The van der Waals surface area contributed by atoms with Crippen molar-refractivity contribution in [2.75, 3.05) is 32.5 Å². The smallest absolute Gasteiger partial charge is 0.338 e. The van der Waals surface area contributed by atoms with Crippen molar-refractivity contribution >= 4 is 19.3 Å². The predicted octanol–water partition coefficient (Wildman–Crippen LogP) is 6.95. The highest BCUT2D eigenvalue weighted by Crippen LogP contribution is 2.49. The van der Waals surface area contributed by atoms with E-state index in [4.69, 9.17) is 9.05 Å². The normalized spacial score (nSPS) is 12.2. The molecule has 0 bridgehead atoms. The number of rotatable bonds is 17. The van der Waals surface area contributed by atoms with Gasteiger partial charge in [-0.2, -0.15) is 4.99 Å². The van der Waals surface area contributed by atoms with Crippen molar-refractivity contribution in [3.8, 4) is 0 Å². The summed E-state index contributed by atoms with van der Waals surface area (Å²) in [4.78, 5) is 19.5. The molecule has 182 valence electrons. The Morgan fingerprint density at radius 2 is 1.34 bits per heavy atom. The van der Waals surface area contributed by atoms with Gasteiger partial charge in [0.05, 0.1) is 13.2 Å². The molecule has 0 spiro atoms. The fourth-order valence-corrected chi connectivity index (χ4v) is 4.72. The zero-order valence-corrected chi connectivity index (χ0v) is 21.4. The van der Waals surface area contributed by atoms with Gasteiger partial charge in [-0.15, -0.1) is 0 Å². The fraction of sp³-hybridized carbons (Fsp3) is 0.680. The van der Waals surface area contributed by atoms with E-state index in [2.05, 4.69) is 37.6 Å². The lowest BCUT2D eigenvalue weighted by Crippen LogP contribution is -2.36. The number of amides is 1. The second-order valence-corrected chi connectivity index (χ2v) is 10.1. The number of hydrogen-bond acceptors (Lipinski definition) is 4. The van der Waals surface area contributed by atoms with Gasteiger partial charge in [0, 0.05) is 18.7 Å². The molecule has 0 N–H and O–H groups in total. The summed E-state index contributed by atoms with van der Waals surface area (Å²) in [6.45, 7) is 10.7. The van der Waals surface area contributed by atoms with Crippen molar-refractivity contribution in [1.29, 1.82) is 0 Å². The molecular weight excluding hydrogens is 423 g/mol. The second-order valence-electron chi connectivity index (χ2n) is 8.04. The summed E-state index contributed by atoms with van der Waals surface area (Å²) in [5.74, 6) is 0.185. The Morgan fingerprint density at radius 3 is 1.81 bits per heavy atom. The van der Waals surface area contributed by atoms with Gasteiger partial charge in [-0.25, -0.2) is 0 Å². The minimum atomic E-state index is -3.43. The van der Waals surface area contributed by atoms with Crippen LogP contribution in [0.2, 0.25) is 0 Å². The second kappa shape index (κ2) is 17.0. The molecule has 0 aliphatic carbocycles. The van der Waals surface area contributed by atoms with Crippen LogP contribution in [0.5, 0.6) is 0 Å². The minimum Gasteiger partial charge on any atom is -0.359 e. The molecule has 1 rings (SSSR count). The average molecular weight is 467 g/mol. The number of amidine groups is 1. The third-order valence-corrected chi connectivity index (χ3v) is 6.91. The number of carbonyl (C=O) groups is 1. The SMILES string of the molecule is CCCCOP(=O)(CC(=NC(=O)c1ccccc1)N(CCCC)CCCC)OCCCC. The Kier molecular flexibility index (Phi) is 15.2. The van der Waals surface area contributed by atoms with Gasteiger partial charge in [0.25, 0.3) is 5.91 Å². The topological polar surface area (TPSA) is 68.2 Å². The molecule has 0 aromatic heterocycles. The number of hydrogen-bond donors (Lipinski definition) is 0. The quantitative estimate of drug-likeness (QED) is 0.107. The molecule has 0 saturated heterocycles. The Hall–Kier alpha value is -1.49. The van der Waals surface area contributed by atoms with Crippen molar-refractivity contribution in [3.63, 3.8) is 0 Å². The predicted molar refractivity (Wildman–Crippen MR) is 134 cm³/mol. The van der Waals surface area contributed by atoms with Crippen LogP contribution in [0.15, 0.2) is 35.3 Å². The summed E-state index contributed by atoms with van der Waals surface area (Å²) in [7, 11) is -3.43. The highest BCUT2D eigenvalue weighted by molar-refractivity contribution is 7.54. The lowest BCUT2D eigenvalue weighted by Gasteiger charge is -2.28. The molecule has 0 unspecified atom stereocenters. The standard InChI is InChI=1S/C25H43N2O4P/c1-5-9-18-27(19-10-6-2)24(26-25(28)23-16-14-13-15-17-23)22-32(29,30-20-11-7-3)31-21-12-8-4/h13-17H,5-12,18-22H2,1-4H3. The minimum absolute atomic E-state index is 0.0203. The molecule has 0 atom stereocenters. The van der Waals surface area contributed by atoms with Gasteiger partial charge in [0.1, 0.15) is 12.0 Å². The Labute approximate surface area is 195 Å². The Morgan fingerprint density at radius 1 is 0.844 bits per heavy atom. The third kappa shape index (κ3) is 11.4. The molecule has 0 saturated carbocycles. The molecule has 0 heterocycles. The van der Waals surface area contributed by atoms with Crippen LogP contribution in [0.4, 0.5) is 0 Å². The summed E-state index contributed by atoms with van der Waals surface area (Å²) >= 11 is 0. The van der Waals surface area contributed by atoms with E-state index in [1.807, 2.05) is 18.2 Å². The first-order valence-corrected chi connectivity index (χ1v) is 14.0. The number of aliphatic imine (C=N–C) groups is 1. The van der Waals surface area contributed by atoms with Gasteiger partial charge < -0.3 is 13.9 Å². The summed E-state index contributed by atoms with van der Waals surface area (Å²) in [6.07, 6.45) is 7.54. The highest BCUT2D eigenvalue weighted by atomic mass is 31.2. The lowest BCUT2D eigenvalue weighted by molar-refractivity contribution is 0.100. The van der Waals surface area contributed by atoms with Crippen LogP contribution in [0.25, 0.3) is 0 Å². The molecular formula is C25H43N2O4P. The molecule has 1 amide bonds. The number of benzene rings is 1. The molecule has 0 radical (unpaired) electrons. The van der Waals surface area contributed by atoms with E-state index in [1.165, 1.54) is 0 Å². The van der Waals surface area contributed by atoms with E-state index in [0.29, 0.717) is 24.6 Å². The van der Waals surface area contributed by atoms with E-state index in [1.54, 1.807) is 12.1 Å². The molecule has 7 heteroatoms. The summed E-state index contributed by atoms with van der Waals surface area (Å²) in [6, 6.07) is 9.01. The number of nitrogens with zero attached hydrogens (tertiary/aromatic N) is 2. The molecule has 0 aliphatic rings. The molecule has 0 fully saturated rings. The monoisotopic (exact) mass is 466 g/mol. The van der Waals surface area contributed by atoms with Crippen LogP contribution >= 0.6 is 7.60 Å². The van der Waals surface area contributed by atoms with E-state index in [9.17, 15) is 9.36 Å². The lowest BCUT2D eigenvalue weighted by atomic mass is 10.2. The average Bonchev–Trinajstić information content (AvgIpc) is 2.80. The van der Waals surface area contributed by atoms with Gasteiger partial charge >= 0.3 is 7.60 Å². The van der Waals surface area contributed by atoms with Gasteiger partial charge in [-0.05, 0) is 37.8 Å². The maximum absolute atomic E-state index is 13.7. The summed E-state index contributed by atoms with van der Waals surface area (Å²) < 4.78 is 25.3. The van der Waals surface area contributed by atoms with Crippen molar-refractivity contribution in [2.45, 2.75) is 79.1 Å². The van der Waals surface area contributed by atoms with Gasteiger partial charge in [0.2, 0.25) is 0 Å². The van der Waals surface area contributed by atoms with E-state index in [-0.39, 0.29) is 12.1 Å². The van der Waals surface area contributed by atoms with Gasteiger partial charge in [0.15, 0.2) is 0 Å². The Balaban J connectivity index is 3.24.